The van der Waals surface area contributed by atoms with Crippen LogP contribution in [0.15, 0.2) is 54.6 Å². The SMILES string of the molecule is CCOP(=O)(OCC)c1cc2ccccc2c2ccccc12. The largest absolute Gasteiger partial charge is 0.361 e. The molecule has 0 aliphatic rings. The smallest absolute Gasteiger partial charge is 0.305 e. The molecule has 0 N–H and O–H groups in total. The summed E-state index contributed by atoms with van der Waals surface area (Å²) in [6.45, 7) is 4.35. The Kier molecular flexibility index (Phi) is 4.30. The molecular formula is C18H19O3P. The molecule has 22 heavy (non-hydrogen) atoms. The molecule has 0 aliphatic carbocycles. The fourth-order valence-electron chi connectivity index (χ4n) is 2.78. The van der Waals surface area contributed by atoms with E-state index in [1.807, 2.05) is 62.4 Å². The molecule has 0 atom stereocenters. The van der Waals surface area contributed by atoms with Crippen LogP contribution in [0.1, 0.15) is 13.8 Å². The van der Waals surface area contributed by atoms with E-state index in [9.17, 15) is 4.57 Å². The summed E-state index contributed by atoms with van der Waals surface area (Å²) < 4.78 is 24.3. The Hall–Kier alpha value is -1.67. The van der Waals surface area contributed by atoms with Crippen molar-refractivity contribution in [3.63, 3.8) is 0 Å². The van der Waals surface area contributed by atoms with Crippen LogP contribution in [0, 0.1) is 0 Å². The first kappa shape index (κ1) is 15.2. The predicted molar refractivity (Wildman–Crippen MR) is 91.9 cm³/mol. The first-order chi connectivity index (χ1) is 10.7. The average Bonchev–Trinajstić information content (AvgIpc) is 2.54. The molecule has 0 heterocycles. The monoisotopic (exact) mass is 314 g/mol. The standard InChI is InChI=1S/C18H19O3P/c1-3-20-22(19,21-4-2)18-13-14-9-5-6-10-15(14)16-11-7-8-12-17(16)18/h5-13H,3-4H2,1-2H3. The fourth-order valence-corrected chi connectivity index (χ4v) is 4.60. The maximum Gasteiger partial charge on any atom is 0.361 e. The molecule has 114 valence electrons. The lowest BCUT2D eigenvalue weighted by Crippen LogP contribution is -2.12. The van der Waals surface area contributed by atoms with Crippen molar-refractivity contribution < 1.29 is 13.6 Å². The Morgan fingerprint density at radius 3 is 2.00 bits per heavy atom. The van der Waals surface area contributed by atoms with Gasteiger partial charge in [0, 0.05) is 0 Å². The zero-order valence-electron chi connectivity index (χ0n) is 12.8. The van der Waals surface area contributed by atoms with Crippen molar-refractivity contribution in [2.45, 2.75) is 13.8 Å². The van der Waals surface area contributed by atoms with Crippen LogP contribution in [0.2, 0.25) is 0 Å². The molecule has 0 unspecified atom stereocenters. The summed E-state index contributed by atoms with van der Waals surface area (Å²) in [5.41, 5.74) is 0. The van der Waals surface area contributed by atoms with Gasteiger partial charge in [0.25, 0.3) is 0 Å². The second kappa shape index (κ2) is 6.21. The van der Waals surface area contributed by atoms with Crippen molar-refractivity contribution in [1.82, 2.24) is 0 Å². The summed E-state index contributed by atoms with van der Waals surface area (Å²) in [4.78, 5) is 0. The molecule has 3 rings (SSSR count). The quantitative estimate of drug-likeness (QED) is 0.497. The van der Waals surface area contributed by atoms with E-state index in [2.05, 4.69) is 6.07 Å². The first-order valence-electron chi connectivity index (χ1n) is 7.49. The highest BCUT2D eigenvalue weighted by Crippen LogP contribution is 2.49. The molecule has 0 fully saturated rings. The summed E-state index contributed by atoms with van der Waals surface area (Å²) in [5.74, 6) is 0. The lowest BCUT2D eigenvalue weighted by Gasteiger charge is -2.20. The third-order valence-electron chi connectivity index (χ3n) is 3.64. The van der Waals surface area contributed by atoms with Crippen molar-refractivity contribution >= 4 is 34.4 Å². The Bertz CT molecular complexity index is 847. The molecule has 0 bridgehead atoms. The molecule has 0 saturated heterocycles. The van der Waals surface area contributed by atoms with Crippen LogP contribution in [0.25, 0.3) is 21.5 Å². The highest BCUT2D eigenvalue weighted by molar-refractivity contribution is 7.62. The number of fused-ring (bicyclic) bond motifs is 3. The van der Waals surface area contributed by atoms with Gasteiger partial charge in [-0.15, -0.1) is 0 Å². The van der Waals surface area contributed by atoms with Gasteiger partial charge in [-0.2, -0.15) is 0 Å². The maximum atomic E-state index is 13.2. The molecule has 0 aromatic heterocycles. The minimum Gasteiger partial charge on any atom is -0.305 e. The van der Waals surface area contributed by atoms with Gasteiger partial charge in [0.15, 0.2) is 0 Å². The molecule has 3 aromatic rings. The summed E-state index contributed by atoms with van der Waals surface area (Å²) in [6, 6.07) is 18.0. The number of hydrogen-bond acceptors (Lipinski definition) is 3. The van der Waals surface area contributed by atoms with E-state index >= 15 is 0 Å². The molecule has 0 spiro atoms. The normalized spacial score (nSPS) is 12.1. The highest BCUT2D eigenvalue weighted by atomic mass is 31.2. The van der Waals surface area contributed by atoms with Gasteiger partial charge in [-0.3, -0.25) is 4.57 Å². The topological polar surface area (TPSA) is 35.5 Å². The van der Waals surface area contributed by atoms with Gasteiger partial charge < -0.3 is 9.05 Å². The maximum absolute atomic E-state index is 13.2. The van der Waals surface area contributed by atoms with Crippen LogP contribution < -0.4 is 5.30 Å². The Morgan fingerprint density at radius 1 is 0.818 bits per heavy atom. The third-order valence-corrected chi connectivity index (χ3v) is 5.80. The van der Waals surface area contributed by atoms with Crippen LogP contribution in [-0.4, -0.2) is 13.2 Å². The van der Waals surface area contributed by atoms with Gasteiger partial charge in [-0.05, 0) is 41.5 Å². The molecule has 4 heteroatoms. The average molecular weight is 314 g/mol. The predicted octanol–water partition coefficient (Wildman–Crippen LogP) is 4.88. The summed E-state index contributed by atoms with van der Waals surface area (Å²) in [6.07, 6.45) is 0. The Balaban J connectivity index is 2.38. The van der Waals surface area contributed by atoms with E-state index in [4.69, 9.17) is 9.05 Å². The van der Waals surface area contributed by atoms with Crippen LogP contribution >= 0.6 is 7.60 Å². The van der Waals surface area contributed by atoms with Crippen molar-refractivity contribution in [3.05, 3.63) is 54.6 Å². The Morgan fingerprint density at radius 2 is 1.36 bits per heavy atom. The van der Waals surface area contributed by atoms with Crippen LogP contribution in [0.3, 0.4) is 0 Å². The van der Waals surface area contributed by atoms with Gasteiger partial charge >= 0.3 is 7.60 Å². The lowest BCUT2D eigenvalue weighted by atomic mass is 10.0. The van der Waals surface area contributed by atoms with E-state index in [1.165, 1.54) is 0 Å². The highest BCUT2D eigenvalue weighted by Gasteiger charge is 2.29. The van der Waals surface area contributed by atoms with E-state index in [-0.39, 0.29) is 0 Å². The molecular weight excluding hydrogens is 295 g/mol. The third kappa shape index (κ3) is 2.56. The van der Waals surface area contributed by atoms with Crippen molar-refractivity contribution in [1.29, 1.82) is 0 Å². The zero-order chi connectivity index (χ0) is 15.6. The molecule has 0 radical (unpaired) electrons. The number of benzene rings is 3. The first-order valence-corrected chi connectivity index (χ1v) is 9.04. The Labute approximate surface area is 130 Å². The van der Waals surface area contributed by atoms with Gasteiger partial charge in [0.1, 0.15) is 0 Å². The van der Waals surface area contributed by atoms with Crippen molar-refractivity contribution in [2.24, 2.45) is 0 Å². The van der Waals surface area contributed by atoms with Gasteiger partial charge in [-0.1, -0.05) is 48.5 Å². The van der Waals surface area contributed by atoms with Gasteiger partial charge in [-0.25, -0.2) is 0 Å². The number of rotatable bonds is 5. The van der Waals surface area contributed by atoms with Crippen LogP contribution in [0.4, 0.5) is 0 Å². The minimum atomic E-state index is -3.32. The molecule has 0 saturated carbocycles. The second-order valence-corrected chi connectivity index (χ2v) is 6.99. The van der Waals surface area contributed by atoms with Gasteiger partial charge in [0.05, 0.1) is 18.5 Å². The van der Waals surface area contributed by atoms with E-state index in [1.54, 1.807) is 0 Å². The molecule has 0 aliphatic heterocycles. The summed E-state index contributed by atoms with van der Waals surface area (Å²) in [5, 5.41) is 4.81. The second-order valence-electron chi connectivity index (χ2n) is 5.00. The van der Waals surface area contributed by atoms with Crippen LogP contribution in [0.5, 0.6) is 0 Å². The summed E-state index contributed by atoms with van der Waals surface area (Å²) >= 11 is 0. The van der Waals surface area contributed by atoms with Gasteiger partial charge in [0.2, 0.25) is 0 Å². The molecule has 3 aromatic carbocycles. The fraction of sp³-hybridized carbons (Fsp3) is 0.222. The van der Waals surface area contributed by atoms with E-state index in [0.717, 1.165) is 21.5 Å². The van der Waals surface area contributed by atoms with E-state index in [0.29, 0.717) is 18.5 Å². The van der Waals surface area contributed by atoms with Crippen molar-refractivity contribution in [3.8, 4) is 0 Å². The van der Waals surface area contributed by atoms with Crippen molar-refractivity contribution in [2.75, 3.05) is 13.2 Å². The lowest BCUT2D eigenvalue weighted by molar-refractivity contribution is 0.230. The molecule has 3 nitrogen and oxygen atoms in total. The zero-order valence-corrected chi connectivity index (χ0v) is 13.7. The number of hydrogen-bond donors (Lipinski definition) is 0. The van der Waals surface area contributed by atoms with E-state index < -0.39 is 7.60 Å². The summed E-state index contributed by atoms with van der Waals surface area (Å²) in [7, 11) is -3.32. The molecule has 0 amide bonds. The minimum absolute atomic E-state index is 0.346. The van der Waals surface area contributed by atoms with Crippen LogP contribution in [-0.2, 0) is 13.6 Å².